The molecule has 0 aliphatic rings. The predicted molar refractivity (Wildman–Crippen MR) is 105 cm³/mol. The number of sulfonamides is 1. The highest BCUT2D eigenvalue weighted by Gasteiger charge is 2.13. The maximum Gasteiger partial charge on any atom is 0.275 e. The maximum atomic E-state index is 12.5. The molecule has 0 atom stereocenters. The van der Waals surface area contributed by atoms with Crippen molar-refractivity contribution in [3.8, 4) is 5.69 Å². The second-order valence-electron chi connectivity index (χ2n) is 6.31. The number of benzene rings is 1. The molecule has 2 N–H and O–H groups in total. The Bertz CT molecular complexity index is 1190. The summed E-state index contributed by atoms with van der Waals surface area (Å²) in [4.78, 5) is 24.9. The van der Waals surface area contributed by atoms with Crippen LogP contribution >= 0.6 is 0 Å². The molecule has 0 aliphatic carbocycles. The number of carbonyl (C=O) groups excluding carboxylic acids is 1. The number of aromatic nitrogens is 5. The van der Waals surface area contributed by atoms with E-state index in [2.05, 4.69) is 25.6 Å². The quantitative estimate of drug-likeness (QED) is 0.543. The summed E-state index contributed by atoms with van der Waals surface area (Å²) in [6.45, 7) is 1.60. The maximum absolute atomic E-state index is 12.5. The van der Waals surface area contributed by atoms with E-state index < -0.39 is 21.5 Å². The highest BCUT2D eigenvalue weighted by atomic mass is 32.2. The summed E-state index contributed by atoms with van der Waals surface area (Å²) in [5.74, 6) is -0.404. The Morgan fingerprint density at radius 3 is 2.62 bits per heavy atom. The third-order valence-corrected chi connectivity index (χ3v) is 4.64. The molecule has 1 amide bonds. The van der Waals surface area contributed by atoms with Crippen molar-refractivity contribution >= 4 is 21.6 Å². The summed E-state index contributed by atoms with van der Waals surface area (Å²) in [6, 6.07) is 10.2. The minimum Gasteiger partial charge on any atom is -0.350 e. The van der Waals surface area contributed by atoms with Gasteiger partial charge in [-0.2, -0.15) is 0 Å². The van der Waals surface area contributed by atoms with Gasteiger partial charge in [-0.25, -0.2) is 13.1 Å². The SMILES string of the molecule is Cc1ccc(NS(C)(=O)=O)c(=O)n1CC(=O)NCc1ccccc1-n1cnnn1. The first-order valence-electron chi connectivity index (χ1n) is 8.51. The first-order chi connectivity index (χ1) is 13.7. The zero-order valence-electron chi connectivity index (χ0n) is 15.7. The second-order valence-corrected chi connectivity index (χ2v) is 8.06. The van der Waals surface area contributed by atoms with Crippen LogP contribution in [0.3, 0.4) is 0 Å². The number of anilines is 1. The molecular weight excluding hydrogens is 398 g/mol. The van der Waals surface area contributed by atoms with E-state index in [9.17, 15) is 18.0 Å². The summed E-state index contributed by atoms with van der Waals surface area (Å²) >= 11 is 0. The molecule has 3 rings (SSSR count). The fraction of sp³-hybridized carbons (Fsp3) is 0.235. The zero-order valence-corrected chi connectivity index (χ0v) is 16.5. The third-order valence-electron chi connectivity index (χ3n) is 4.05. The van der Waals surface area contributed by atoms with E-state index in [0.29, 0.717) is 11.4 Å². The summed E-state index contributed by atoms with van der Waals surface area (Å²) in [5, 5.41) is 13.8. The summed E-state index contributed by atoms with van der Waals surface area (Å²) in [5.41, 5.74) is 1.31. The lowest BCUT2D eigenvalue weighted by atomic mass is 10.2. The van der Waals surface area contributed by atoms with Crippen LogP contribution in [0.5, 0.6) is 0 Å². The fourth-order valence-electron chi connectivity index (χ4n) is 2.69. The number of para-hydroxylation sites is 1. The normalized spacial score (nSPS) is 11.2. The van der Waals surface area contributed by atoms with Gasteiger partial charge in [-0.05, 0) is 41.1 Å². The van der Waals surface area contributed by atoms with Crippen molar-refractivity contribution in [2.45, 2.75) is 20.0 Å². The molecule has 1 aromatic carbocycles. The fourth-order valence-corrected chi connectivity index (χ4v) is 3.25. The van der Waals surface area contributed by atoms with Crippen molar-refractivity contribution in [3.63, 3.8) is 0 Å². The van der Waals surface area contributed by atoms with E-state index >= 15 is 0 Å². The van der Waals surface area contributed by atoms with Gasteiger partial charge in [0.1, 0.15) is 18.6 Å². The summed E-state index contributed by atoms with van der Waals surface area (Å²) in [6.07, 6.45) is 2.40. The minimum atomic E-state index is -3.61. The number of pyridine rings is 1. The number of carbonyl (C=O) groups is 1. The van der Waals surface area contributed by atoms with Gasteiger partial charge in [-0.3, -0.25) is 14.3 Å². The lowest BCUT2D eigenvalue weighted by Crippen LogP contribution is -2.34. The first-order valence-corrected chi connectivity index (χ1v) is 10.4. The topological polar surface area (TPSA) is 141 Å². The number of amides is 1. The molecule has 0 aliphatic heterocycles. The summed E-state index contributed by atoms with van der Waals surface area (Å²) in [7, 11) is -3.61. The Morgan fingerprint density at radius 1 is 1.17 bits per heavy atom. The van der Waals surface area contributed by atoms with Gasteiger partial charge in [0.15, 0.2) is 0 Å². The van der Waals surface area contributed by atoms with E-state index in [0.717, 1.165) is 11.8 Å². The highest BCUT2D eigenvalue weighted by molar-refractivity contribution is 7.92. The molecular formula is C17H19N7O4S. The van der Waals surface area contributed by atoms with Crippen LogP contribution < -0.4 is 15.6 Å². The number of nitrogens with zero attached hydrogens (tertiary/aromatic N) is 5. The Balaban J connectivity index is 1.74. The Kier molecular flexibility index (Phi) is 5.73. The Hall–Kier alpha value is -3.54. The molecule has 0 spiro atoms. The van der Waals surface area contributed by atoms with Crippen LogP contribution in [0.4, 0.5) is 5.69 Å². The van der Waals surface area contributed by atoms with Gasteiger partial charge in [0.25, 0.3) is 5.56 Å². The number of hydrogen-bond acceptors (Lipinski definition) is 7. The van der Waals surface area contributed by atoms with Crippen LogP contribution in [-0.4, -0.2) is 45.4 Å². The molecule has 29 heavy (non-hydrogen) atoms. The monoisotopic (exact) mass is 417 g/mol. The number of nitrogens with one attached hydrogen (secondary N) is 2. The van der Waals surface area contributed by atoms with Gasteiger partial charge in [0, 0.05) is 12.2 Å². The van der Waals surface area contributed by atoms with E-state index in [1.54, 1.807) is 13.0 Å². The predicted octanol–water partition coefficient (Wildman–Crippen LogP) is -0.180. The molecule has 0 fully saturated rings. The minimum absolute atomic E-state index is 0.116. The van der Waals surface area contributed by atoms with Gasteiger partial charge in [0.2, 0.25) is 15.9 Å². The van der Waals surface area contributed by atoms with Crippen molar-refractivity contribution in [2.24, 2.45) is 0 Å². The molecule has 0 saturated carbocycles. The molecule has 3 aromatic rings. The van der Waals surface area contributed by atoms with Crippen molar-refractivity contribution in [2.75, 3.05) is 11.0 Å². The van der Waals surface area contributed by atoms with E-state index in [-0.39, 0.29) is 18.8 Å². The molecule has 0 radical (unpaired) electrons. The molecule has 0 bridgehead atoms. The number of aryl methyl sites for hydroxylation is 1. The zero-order chi connectivity index (χ0) is 21.0. The average molecular weight is 417 g/mol. The van der Waals surface area contributed by atoms with Gasteiger partial charge in [-0.15, -0.1) is 5.10 Å². The van der Waals surface area contributed by atoms with Gasteiger partial charge in [-0.1, -0.05) is 18.2 Å². The average Bonchev–Trinajstić information content (AvgIpc) is 3.20. The molecule has 11 nitrogen and oxygen atoms in total. The number of tetrazole rings is 1. The lowest BCUT2D eigenvalue weighted by molar-refractivity contribution is -0.121. The third kappa shape index (κ3) is 5.04. The standard InChI is InChI=1S/C17H19N7O4S/c1-12-7-8-14(20-29(2,27)28)17(26)23(12)10-16(25)18-9-13-5-3-4-6-15(13)24-11-19-21-22-24/h3-8,11,20H,9-10H2,1-2H3,(H,18,25). The first kappa shape index (κ1) is 20.2. The molecule has 2 heterocycles. The van der Waals surface area contributed by atoms with Crippen molar-refractivity contribution < 1.29 is 13.2 Å². The Morgan fingerprint density at radius 2 is 1.93 bits per heavy atom. The van der Waals surface area contributed by atoms with Crippen LogP contribution in [0.25, 0.3) is 5.69 Å². The molecule has 12 heteroatoms. The van der Waals surface area contributed by atoms with Crippen LogP contribution in [0.1, 0.15) is 11.3 Å². The second kappa shape index (κ2) is 8.22. The van der Waals surface area contributed by atoms with Crippen molar-refractivity contribution in [1.29, 1.82) is 0 Å². The molecule has 0 saturated heterocycles. The van der Waals surface area contributed by atoms with Crippen LogP contribution in [0.15, 0.2) is 47.5 Å². The lowest BCUT2D eigenvalue weighted by Gasteiger charge is -2.13. The van der Waals surface area contributed by atoms with E-state index in [4.69, 9.17) is 0 Å². The van der Waals surface area contributed by atoms with Gasteiger partial charge in [0.05, 0.1) is 11.9 Å². The smallest absolute Gasteiger partial charge is 0.275 e. The van der Waals surface area contributed by atoms with Gasteiger partial charge < -0.3 is 9.88 Å². The van der Waals surface area contributed by atoms with Crippen molar-refractivity contribution in [1.82, 2.24) is 30.1 Å². The van der Waals surface area contributed by atoms with Crippen LogP contribution in [-0.2, 0) is 27.9 Å². The molecule has 0 unspecified atom stereocenters. The van der Waals surface area contributed by atoms with E-state index in [1.807, 2.05) is 24.3 Å². The van der Waals surface area contributed by atoms with Crippen LogP contribution in [0.2, 0.25) is 0 Å². The molecule has 2 aromatic heterocycles. The number of rotatable bonds is 7. The summed E-state index contributed by atoms with van der Waals surface area (Å²) < 4.78 is 27.7. The van der Waals surface area contributed by atoms with E-state index in [1.165, 1.54) is 21.6 Å². The Labute approximate surface area is 166 Å². The highest BCUT2D eigenvalue weighted by Crippen LogP contribution is 2.12. The largest absolute Gasteiger partial charge is 0.350 e. The molecule has 152 valence electrons. The number of hydrogen-bond donors (Lipinski definition) is 2. The van der Waals surface area contributed by atoms with Crippen molar-refractivity contribution in [3.05, 3.63) is 64.3 Å². The van der Waals surface area contributed by atoms with Crippen LogP contribution in [0, 0.1) is 6.92 Å². The van der Waals surface area contributed by atoms with Gasteiger partial charge >= 0.3 is 0 Å².